The molecule has 1 atom stereocenters. The minimum absolute atomic E-state index is 0.0237. The van der Waals surface area contributed by atoms with Crippen molar-refractivity contribution in [1.29, 1.82) is 0 Å². The van der Waals surface area contributed by atoms with Crippen molar-refractivity contribution in [2.75, 3.05) is 0 Å². The first-order valence-corrected chi connectivity index (χ1v) is 8.08. The number of nitrogens with one attached hydrogen (secondary N) is 2. The number of benzene rings is 1. The second-order valence-electron chi connectivity index (χ2n) is 6.40. The van der Waals surface area contributed by atoms with Gasteiger partial charge in [0, 0.05) is 17.6 Å². The summed E-state index contributed by atoms with van der Waals surface area (Å²) in [5.74, 6) is 0.822. The number of hydrogen-bond donors (Lipinski definition) is 2. The molecule has 5 nitrogen and oxygen atoms in total. The molecule has 0 spiro atoms. The lowest BCUT2D eigenvalue weighted by Gasteiger charge is -2.17. The highest BCUT2D eigenvalue weighted by atomic mass is 16.5. The van der Waals surface area contributed by atoms with Gasteiger partial charge >= 0.3 is 6.03 Å². The second-order valence-corrected chi connectivity index (χ2v) is 6.40. The van der Waals surface area contributed by atoms with E-state index in [2.05, 4.69) is 27.9 Å². The van der Waals surface area contributed by atoms with E-state index in [9.17, 15) is 4.79 Å². The normalized spacial score (nSPS) is 15.3. The first kappa shape index (κ1) is 15.6. The number of nitrogens with zero attached hydrogens (tertiary/aromatic N) is 1. The SMILES string of the molecule is Cc1noc(C)c1C[C@@H](C)NC(=O)NC1Cc2ccccc2C1. The first-order valence-electron chi connectivity index (χ1n) is 8.08. The minimum Gasteiger partial charge on any atom is -0.361 e. The molecule has 2 N–H and O–H groups in total. The summed E-state index contributed by atoms with van der Waals surface area (Å²) in [7, 11) is 0. The minimum atomic E-state index is -0.109. The molecule has 0 unspecified atom stereocenters. The van der Waals surface area contributed by atoms with Crippen LogP contribution in [0.25, 0.3) is 0 Å². The lowest BCUT2D eigenvalue weighted by Crippen LogP contribution is -2.46. The predicted octanol–water partition coefficient (Wildman–Crippen LogP) is 2.69. The molecule has 1 aromatic carbocycles. The lowest BCUT2D eigenvalue weighted by molar-refractivity contribution is 0.234. The molecule has 122 valence electrons. The van der Waals surface area contributed by atoms with Crippen molar-refractivity contribution in [3.63, 3.8) is 0 Å². The van der Waals surface area contributed by atoms with Gasteiger partial charge in [-0.25, -0.2) is 4.79 Å². The van der Waals surface area contributed by atoms with E-state index < -0.39 is 0 Å². The number of aryl methyl sites for hydroxylation is 2. The van der Waals surface area contributed by atoms with Crippen molar-refractivity contribution in [3.8, 4) is 0 Å². The Hall–Kier alpha value is -2.30. The number of aromatic nitrogens is 1. The Balaban J connectivity index is 1.50. The van der Waals surface area contributed by atoms with Crippen molar-refractivity contribution in [2.45, 2.75) is 52.1 Å². The average Bonchev–Trinajstić information content (AvgIpc) is 3.04. The highest BCUT2D eigenvalue weighted by molar-refractivity contribution is 5.74. The van der Waals surface area contributed by atoms with Gasteiger partial charge in [0.2, 0.25) is 0 Å². The summed E-state index contributed by atoms with van der Waals surface area (Å²) in [5, 5.41) is 10.0. The van der Waals surface area contributed by atoms with Gasteiger partial charge in [-0.3, -0.25) is 0 Å². The maximum absolute atomic E-state index is 12.2. The third-order valence-electron chi connectivity index (χ3n) is 4.46. The van der Waals surface area contributed by atoms with Crippen LogP contribution in [-0.4, -0.2) is 23.3 Å². The molecule has 1 aliphatic carbocycles. The topological polar surface area (TPSA) is 67.2 Å². The van der Waals surface area contributed by atoms with Crippen LogP contribution in [0.2, 0.25) is 0 Å². The summed E-state index contributed by atoms with van der Waals surface area (Å²) in [5.41, 5.74) is 4.64. The third kappa shape index (κ3) is 3.55. The van der Waals surface area contributed by atoms with E-state index in [-0.39, 0.29) is 18.1 Å². The van der Waals surface area contributed by atoms with Gasteiger partial charge in [-0.1, -0.05) is 29.4 Å². The zero-order valence-corrected chi connectivity index (χ0v) is 13.8. The second kappa shape index (κ2) is 6.44. The molecule has 5 heteroatoms. The van der Waals surface area contributed by atoms with Crippen molar-refractivity contribution in [3.05, 3.63) is 52.4 Å². The number of urea groups is 1. The summed E-state index contributed by atoms with van der Waals surface area (Å²) < 4.78 is 5.17. The fraction of sp³-hybridized carbons (Fsp3) is 0.444. The van der Waals surface area contributed by atoms with E-state index in [0.29, 0.717) is 0 Å². The Kier molecular flexibility index (Phi) is 4.37. The van der Waals surface area contributed by atoms with Gasteiger partial charge in [0.15, 0.2) is 0 Å². The molecule has 23 heavy (non-hydrogen) atoms. The molecular weight excluding hydrogens is 290 g/mol. The molecule has 2 aromatic rings. The van der Waals surface area contributed by atoms with E-state index in [1.165, 1.54) is 11.1 Å². The first-order chi connectivity index (χ1) is 11.0. The molecule has 0 radical (unpaired) electrons. The fourth-order valence-corrected chi connectivity index (χ4v) is 3.26. The van der Waals surface area contributed by atoms with Gasteiger partial charge in [-0.05, 0) is 51.2 Å². The van der Waals surface area contributed by atoms with Crippen LogP contribution in [0.4, 0.5) is 4.79 Å². The number of hydrogen-bond acceptors (Lipinski definition) is 3. The predicted molar refractivity (Wildman–Crippen MR) is 88.4 cm³/mol. The van der Waals surface area contributed by atoms with E-state index in [1.807, 2.05) is 32.9 Å². The van der Waals surface area contributed by atoms with Gasteiger partial charge in [0.1, 0.15) is 5.76 Å². The van der Waals surface area contributed by atoms with Crippen LogP contribution in [0.3, 0.4) is 0 Å². The van der Waals surface area contributed by atoms with E-state index >= 15 is 0 Å². The molecule has 1 aromatic heterocycles. The van der Waals surface area contributed by atoms with Crippen LogP contribution in [-0.2, 0) is 19.3 Å². The highest BCUT2D eigenvalue weighted by Gasteiger charge is 2.23. The molecule has 0 saturated heterocycles. The summed E-state index contributed by atoms with van der Waals surface area (Å²) in [6.07, 6.45) is 2.53. The van der Waals surface area contributed by atoms with Crippen LogP contribution in [0, 0.1) is 13.8 Å². The Morgan fingerprint density at radius 3 is 2.52 bits per heavy atom. The highest BCUT2D eigenvalue weighted by Crippen LogP contribution is 2.21. The lowest BCUT2D eigenvalue weighted by atomic mass is 10.1. The number of fused-ring (bicyclic) bond motifs is 1. The zero-order valence-electron chi connectivity index (χ0n) is 13.8. The molecule has 3 rings (SSSR count). The average molecular weight is 313 g/mol. The maximum atomic E-state index is 12.2. The Morgan fingerprint density at radius 2 is 1.96 bits per heavy atom. The van der Waals surface area contributed by atoms with E-state index in [4.69, 9.17) is 4.52 Å². The van der Waals surface area contributed by atoms with Crippen molar-refractivity contribution in [1.82, 2.24) is 15.8 Å². The standard InChI is InChI=1S/C18H23N3O2/c1-11(8-17-12(2)21-23-13(17)3)19-18(22)20-16-9-14-6-4-5-7-15(14)10-16/h4-7,11,16H,8-10H2,1-3H3,(H2,19,20,22)/t11-/m1/s1. The Labute approximate surface area is 136 Å². The van der Waals surface area contributed by atoms with E-state index in [0.717, 1.165) is 36.3 Å². The zero-order chi connectivity index (χ0) is 16.4. The van der Waals surface area contributed by atoms with Crippen molar-refractivity contribution >= 4 is 6.03 Å². The monoisotopic (exact) mass is 313 g/mol. The molecule has 2 amide bonds. The molecule has 1 heterocycles. The maximum Gasteiger partial charge on any atom is 0.315 e. The molecule has 0 fully saturated rings. The van der Waals surface area contributed by atoms with Crippen LogP contribution in [0.15, 0.2) is 28.8 Å². The molecule has 0 aliphatic heterocycles. The van der Waals surface area contributed by atoms with Gasteiger partial charge in [-0.15, -0.1) is 0 Å². The molecule has 1 aliphatic rings. The Bertz CT molecular complexity index is 664. The quantitative estimate of drug-likeness (QED) is 0.912. The van der Waals surface area contributed by atoms with Crippen molar-refractivity contribution in [2.24, 2.45) is 0 Å². The Morgan fingerprint density at radius 1 is 1.30 bits per heavy atom. The number of carbonyl (C=O) groups is 1. The van der Waals surface area contributed by atoms with Gasteiger partial charge < -0.3 is 15.2 Å². The van der Waals surface area contributed by atoms with Crippen LogP contribution >= 0.6 is 0 Å². The summed E-state index contributed by atoms with van der Waals surface area (Å²) in [4.78, 5) is 12.2. The van der Waals surface area contributed by atoms with Gasteiger partial charge in [0.25, 0.3) is 0 Å². The number of amides is 2. The summed E-state index contributed by atoms with van der Waals surface area (Å²) in [6, 6.07) is 8.46. The smallest absolute Gasteiger partial charge is 0.315 e. The number of carbonyl (C=O) groups excluding carboxylic acids is 1. The molecule has 0 saturated carbocycles. The molecular formula is C18H23N3O2. The van der Waals surface area contributed by atoms with Crippen LogP contribution < -0.4 is 10.6 Å². The van der Waals surface area contributed by atoms with Crippen molar-refractivity contribution < 1.29 is 9.32 Å². The largest absolute Gasteiger partial charge is 0.361 e. The van der Waals surface area contributed by atoms with Gasteiger partial charge in [-0.2, -0.15) is 0 Å². The van der Waals surface area contributed by atoms with Gasteiger partial charge in [0.05, 0.1) is 5.69 Å². The van der Waals surface area contributed by atoms with E-state index in [1.54, 1.807) is 0 Å². The summed E-state index contributed by atoms with van der Waals surface area (Å²) in [6.45, 7) is 5.82. The molecule has 0 bridgehead atoms. The third-order valence-corrected chi connectivity index (χ3v) is 4.46. The number of rotatable bonds is 4. The summed E-state index contributed by atoms with van der Waals surface area (Å²) >= 11 is 0. The van der Waals surface area contributed by atoms with Crippen LogP contribution in [0.1, 0.15) is 35.1 Å². The fourth-order valence-electron chi connectivity index (χ4n) is 3.26. The van der Waals surface area contributed by atoms with Crippen LogP contribution in [0.5, 0.6) is 0 Å².